The lowest BCUT2D eigenvalue weighted by Crippen LogP contribution is -2.32. The fourth-order valence-electron chi connectivity index (χ4n) is 3.74. The molecule has 0 spiro atoms. The first kappa shape index (κ1) is 20.0. The van der Waals surface area contributed by atoms with Crippen LogP contribution in [0.1, 0.15) is 31.1 Å². The van der Waals surface area contributed by atoms with Gasteiger partial charge in [-0.15, -0.1) is 0 Å². The molecule has 2 aliphatic heterocycles. The van der Waals surface area contributed by atoms with E-state index in [1.54, 1.807) is 16.7 Å². The van der Waals surface area contributed by atoms with Crippen LogP contribution >= 0.6 is 11.8 Å². The molecule has 3 aromatic rings. The minimum absolute atomic E-state index is 0.1000. The molecular weight excluding hydrogens is 428 g/mol. The van der Waals surface area contributed by atoms with Gasteiger partial charge in [0.15, 0.2) is 6.61 Å². The fourth-order valence-corrected chi connectivity index (χ4v) is 4.79. The third-order valence-electron chi connectivity index (χ3n) is 5.33. The zero-order chi connectivity index (χ0) is 22.4. The van der Waals surface area contributed by atoms with E-state index in [9.17, 15) is 19.2 Å². The summed E-state index contributed by atoms with van der Waals surface area (Å²) in [5.41, 5.74) is 1.94. The number of amides is 3. The molecule has 3 aromatic carbocycles. The van der Waals surface area contributed by atoms with Gasteiger partial charge in [-0.2, -0.15) is 0 Å². The first-order valence-electron chi connectivity index (χ1n) is 9.78. The maximum atomic E-state index is 13.1. The van der Waals surface area contributed by atoms with E-state index in [2.05, 4.69) is 0 Å². The van der Waals surface area contributed by atoms with Gasteiger partial charge in [0.2, 0.25) is 0 Å². The van der Waals surface area contributed by atoms with Gasteiger partial charge in [-0.1, -0.05) is 36.0 Å². The Bertz CT molecular complexity index is 1270. The highest BCUT2D eigenvalue weighted by atomic mass is 32.2. The van der Waals surface area contributed by atoms with Crippen molar-refractivity contribution in [2.45, 2.75) is 9.79 Å². The Balaban J connectivity index is 1.37. The van der Waals surface area contributed by atoms with Crippen LogP contribution in [0, 0.1) is 0 Å². The first-order valence-corrected chi connectivity index (χ1v) is 10.6. The second-order valence-corrected chi connectivity index (χ2v) is 8.36. The van der Waals surface area contributed by atoms with Crippen LogP contribution in [0.25, 0.3) is 0 Å². The van der Waals surface area contributed by atoms with Crippen LogP contribution in [0.5, 0.6) is 0 Å². The van der Waals surface area contributed by atoms with Crippen molar-refractivity contribution in [3.05, 3.63) is 83.4 Å². The first-order chi connectivity index (χ1) is 15.5. The highest BCUT2D eigenvalue weighted by Crippen LogP contribution is 2.47. The summed E-state index contributed by atoms with van der Waals surface area (Å²) in [6.07, 6.45) is 0. The van der Waals surface area contributed by atoms with Gasteiger partial charge in [-0.3, -0.25) is 24.2 Å². The largest absolute Gasteiger partial charge is 0.452 e. The maximum absolute atomic E-state index is 13.1. The van der Waals surface area contributed by atoms with Crippen LogP contribution in [-0.4, -0.2) is 42.2 Å². The second-order valence-electron chi connectivity index (χ2n) is 7.27. The molecule has 2 aliphatic rings. The molecule has 5 rings (SSSR count). The number of anilines is 2. The molecule has 0 bridgehead atoms. The van der Waals surface area contributed by atoms with Crippen molar-refractivity contribution in [3.8, 4) is 0 Å². The number of carbonyl (C=O) groups is 4. The van der Waals surface area contributed by atoms with Gasteiger partial charge in [0.05, 0.1) is 28.1 Å². The van der Waals surface area contributed by atoms with E-state index in [4.69, 9.17) is 4.74 Å². The minimum Gasteiger partial charge on any atom is -0.452 e. The second kappa shape index (κ2) is 7.65. The Morgan fingerprint density at radius 1 is 0.844 bits per heavy atom. The van der Waals surface area contributed by atoms with Gasteiger partial charge in [-0.25, -0.2) is 4.79 Å². The molecule has 8 heteroatoms. The number of hydrogen-bond donors (Lipinski definition) is 0. The van der Waals surface area contributed by atoms with Crippen LogP contribution in [-0.2, 0) is 9.53 Å². The molecule has 0 saturated carbocycles. The lowest BCUT2D eigenvalue weighted by molar-refractivity contribution is -0.121. The Kier molecular flexibility index (Phi) is 4.79. The van der Waals surface area contributed by atoms with E-state index >= 15 is 0 Å². The highest BCUT2D eigenvalue weighted by Gasteiger charge is 2.34. The number of para-hydroxylation sites is 2. The third-order valence-corrected chi connectivity index (χ3v) is 6.46. The molecule has 3 amide bonds. The summed E-state index contributed by atoms with van der Waals surface area (Å²) in [4.78, 5) is 54.3. The van der Waals surface area contributed by atoms with Gasteiger partial charge in [0, 0.05) is 16.8 Å². The molecule has 0 unspecified atom stereocenters. The molecule has 0 N–H and O–H groups in total. The van der Waals surface area contributed by atoms with E-state index in [0.29, 0.717) is 0 Å². The van der Waals surface area contributed by atoms with Crippen LogP contribution in [0.3, 0.4) is 0 Å². The molecule has 158 valence electrons. The van der Waals surface area contributed by atoms with Crippen molar-refractivity contribution < 1.29 is 23.9 Å². The lowest BCUT2D eigenvalue weighted by atomic mass is 10.1. The molecule has 0 aliphatic carbocycles. The number of nitrogens with zero attached hydrogens (tertiary/aromatic N) is 2. The number of hydrogen-bond acceptors (Lipinski definition) is 6. The molecule has 0 aromatic heterocycles. The van der Waals surface area contributed by atoms with Gasteiger partial charge >= 0.3 is 5.97 Å². The summed E-state index contributed by atoms with van der Waals surface area (Å²) in [7, 11) is 1.38. The summed E-state index contributed by atoms with van der Waals surface area (Å²) in [5.74, 6) is -2.04. The van der Waals surface area contributed by atoms with Gasteiger partial charge in [-0.05, 0) is 42.5 Å². The van der Waals surface area contributed by atoms with E-state index in [0.717, 1.165) is 26.1 Å². The molecule has 0 radical (unpaired) electrons. The number of ether oxygens (including phenoxy) is 1. The zero-order valence-electron chi connectivity index (χ0n) is 16.9. The SMILES string of the molecule is CN1C(=O)c2ccc(C(=O)OCC(=O)N3c4ccccc4Sc4ccccc43)cc2C1=O. The van der Waals surface area contributed by atoms with Crippen molar-refractivity contribution in [2.75, 3.05) is 18.6 Å². The molecule has 7 nitrogen and oxygen atoms in total. The predicted molar refractivity (Wildman–Crippen MR) is 117 cm³/mol. The average Bonchev–Trinajstić information content (AvgIpc) is 3.04. The topological polar surface area (TPSA) is 84.0 Å². The summed E-state index contributed by atoms with van der Waals surface area (Å²) < 4.78 is 5.28. The molecule has 0 fully saturated rings. The number of rotatable bonds is 3. The van der Waals surface area contributed by atoms with Crippen LogP contribution in [0.15, 0.2) is 76.5 Å². The van der Waals surface area contributed by atoms with Gasteiger partial charge < -0.3 is 4.74 Å². The maximum Gasteiger partial charge on any atom is 0.338 e. The lowest BCUT2D eigenvalue weighted by Gasteiger charge is -2.30. The van der Waals surface area contributed by atoms with E-state index in [1.165, 1.54) is 25.2 Å². The van der Waals surface area contributed by atoms with Crippen LogP contribution in [0.4, 0.5) is 11.4 Å². The quantitative estimate of drug-likeness (QED) is 0.450. The monoisotopic (exact) mass is 444 g/mol. The summed E-state index contributed by atoms with van der Waals surface area (Å²) in [6.45, 7) is -0.476. The summed E-state index contributed by atoms with van der Waals surface area (Å²) in [5, 5.41) is 0. The Labute approximate surface area is 187 Å². The Morgan fingerprint density at radius 2 is 1.44 bits per heavy atom. The Morgan fingerprint density at radius 3 is 2.09 bits per heavy atom. The van der Waals surface area contributed by atoms with Crippen molar-refractivity contribution >= 4 is 46.8 Å². The normalized spacial score (nSPS) is 14.0. The molecule has 0 saturated heterocycles. The highest BCUT2D eigenvalue weighted by molar-refractivity contribution is 7.99. The zero-order valence-corrected chi connectivity index (χ0v) is 17.7. The number of benzene rings is 3. The Hall–Kier alpha value is -3.91. The number of imide groups is 1. The molecule has 2 heterocycles. The van der Waals surface area contributed by atoms with E-state index in [1.807, 2.05) is 48.5 Å². The number of carbonyl (C=O) groups excluding carboxylic acids is 4. The van der Waals surface area contributed by atoms with Crippen LogP contribution in [0.2, 0.25) is 0 Å². The van der Waals surface area contributed by atoms with Gasteiger partial charge in [0.25, 0.3) is 17.7 Å². The average molecular weight is 444 g/mol. The fraction of sp³-hybridized carbons (Fsp3) is 0.0833. The molecular formula is C24H16N2O5S. The van der Waals surface area contributed by atoms with Crippen molar-refractivity contribution in [2.24, 2.45) is 0 Å². The van der Waals surface area contributed by atoms with Crippen molar-refractivity contribution in [1.29, 1.82) is 0 Å². The number of esters is 1. The standard InChI is InChI=1S/C24H16N2O5S/c1-25-22(28)15-11-10-14(12-16(15)23(25)29)24(30)31-13-21(27)26-17-6-2-4-8-19(17)32-20-9-5-3-7-18(20)26/h2-12H,13H2,1H3. The summed E-state index contributed by atoms with van der Waals surface area (Å²) in [6, 6.07) is 19.2. The smallest absolute Gasteiger partial charge is 0.338 e. The van der Waals surface area contributed by atoms with E-state index < -0.39 is 30.3 Å². The molecule has 32 heavy (non-hydrogen) atoms. The van der Waals surface area contributed by atoms with Gasteiger partial charge in [0.1, 0.15) is 0 Å². The van der Waals surface area contributed by atoms with Crippen molar-refractivity contribution in [1.82, 2.24) is 4.90 Å². The predicted octanol–water partition coefficient (Wildman–Crippen LogP) is 3.90. The minimum atomic E-state index is -0.746. The van der Waals surface area contributed by atoms with Crippen LogP contribution < -0.4 is 4.90 Å². The van der Waals surface area contributed by atoms with Crippen molar-refractivity contribution in [3.63, 3.8) is 0 Å². The molecule has 0 atom stereocenters. The van der Waals surface area contributed by atoms with E-state index in [-0.39, 0.29) is 16.7 Å². The number of fused-ring (bicyclic) bond motifs is 3. The summed E-state index contributed by atoms with van der Waals surface area (Å²) >= 11 is 1.57. The third kappa shape index (κ3) is 3.16.